The summed E-state index contributed by atoms with van der Waals surface area (Å²) in [6.45, 7) is 0. The van der Waals surface area contributed by atoms with Crippen LogP contribution in [0.25, 0.3) is 0 Å². The summed E-state index contributed by atoms with van der Waals surface area (Å²) in [6, 6.07) is 0. The fourth-order valence-corrected chi connectivity index (χ4v) is 0. The van der Waals surface area contributed by atoms with Gasteiger partial charge in [0.25, 0.3) is 0 Å². The van der Waals surface area contributed by atoms with Crippen LogP contribution in [0.5, 0.6) is 0 Å². The molecule has 0 aliphatic heterocycles. The van der Waals surface area contributed by atoms with Crippen LogP contribution in [0.1, 0.15) is 0 Å². The Kier molecular flexibility index (Phi) is 166. The van der Waals surface area contributed by atoms with Gasteiger partial charge in [-0.2, -0.15) is 0 Å². The summed E-state index contributed by atoms with van der Waals surface area (Å²) >= 11 is 0. The van der Waals surface area contributed by atoms with Gasteiger partial charge in [0.05, 0.1) is 0 Å². The van der Waals surface area contributed by atoms with E-state index in [0.29, 0.717) is 0 Å². The van der Waals surface area contributed by atoms with Gasteiger partial charge in [0.1, 0.15) is 0 Å². The second-order valence-corrected chi connectivity index (χ2v) is 0. The van der Waals surface area contributed by atoms with Crippen molar-refractivity contribution in [3.63, 3.8) is 0 Å². The van der Waals surface area contributed by atoms with Crippen LogP contribution in [0.3, 0.4) is 0 Å². The molecule has 0 saturated heterocycles. The molecular weight excluding hydrogens is 263 g/mol. The van der Waals surface area contributed by atoms with E-state index in [2.05, 4.69) is 0 Å². The zero-order chi connectivity index (χ0) is 0. The molecule has 0 spiro atoms. The first-order valence-corrected chi connectivity index (χ1v) is 0. The molecule has 0 bridgehead atoms. The zero-order valence-electron chi connectivity index (χ0n) is 1.82. The van der Waals surface area contributed by atoms with E-state index in [-0.39, 0.29) is 78.9 Å². The molecule has 0 unspecified atom stereocenters. The number of hydrogen-bond donors (Lipinski definition) is 0. The summed E-state index contributed by atoms with van der Waals surface area (Å²) < 4.78 is 0. The van der Waals surface area contributed by atoms with Crippen molar-refractivity contribution in [2.24, 2.45) is 0 Å². The fourth-order valence-electron chi connectivity index (χ4n) is 0. The normalized spacial score (nSPS) is 0. The van der Waals surface area contributed by atoms with E-state index in [0.717, 1.165) is 0 Å². The van der Waals surface area contributed by atoms with E-state index < -0.39 is 0 Å². The summed E-state index contributed by atoms with van der Waals surface area (Å²) in [7, 11) is 0. The molecule has 0 N–H and O–H groups in total. The van der Waals surface area contributed by atoms with Gasteiger partial charge < -0.3 is 11.0 Å². The molecule has 0 rings (SSSR count). The molecule has 0 aromatic rings. The maximum atomic E-state index is 0. The second kappa shape index (κ2) is 19.0. The predicted molar refractivity (Wildman–Crippen MR) is 1.37 cm³/mol. The Labute approximate surface area is 77.5 Å². The van der Waals surface area contributed by atoms with Crippen molar-refractivity contribution in [1.82, 2.24) is 0 Å². The van der Waals surface area contributed by atoms with E-state index in [1.54, 1.807) is 0 Å². The third kappa shape index (κ3) is 8.89. The van der Waals surface area contributed by atoms with Crippen LogP contribution in [0.2, 0.25) is 0 Å². The molecule has 0 aromatic carbocycles. The van der Waals surface area contributed by atoms with Crippen LogP contribution in [0.15, 0.2) is 0 Å². The van der Waals surface area contributed by atoms with E-state index in [1.165, 1.54) is 0 Å². The zero-order valence-corrected chi connectivity index (χ0v) is 7.41. The van der Waals surface area contributed by atoms with Crippen LogP contribution in [0, 0.1) is 41.7 Å². The first-order valence-electron chi connectivity index (χ1n) is 0. The summed E-state index contributed by atoms with van der Waals surface area (Å²) in [5, 5.41) is 0. The van der Waals surface area contributed by atoms with Crippen molar-refractivity contribution < 1.29 is 78.9 Å². The van der Waals surface area contributed by atoms with E-state index in [1.807, 2.05) is 0 Å². The average Bonchev–Trinajstić information content (AvgIpc) is 0. The van der Waals surface area contributed by atoms with Crippen molar-refractivity contribution in [2.75, 3.05) is 0 Å². The Morgan fingerprint density at radius 3 is 0.750 bits per heavy atom. The molecule has 0 aliphatic carbocycles. The molecule has 4 heavy (non-hydrogen) atoms. The van der Waals surface area contributed by atoms with E-state index in [9.17, 15) is 0 Å². The van der Waals surface area contributed by atoms with Crippen LogP contribution < -0.4 is 0 Å². The summed E-state index contributed by atoms with van der Waals surface area (Å²) in [4.78, 5) is 0. The molecule has 0 fully saturated rings. The third-order valence-corrected chi connectivity index (χ3v) is 0. The van der Waals surface area contributed by atoms with Crippen LogP contribution in [-0.2, 0) is 37.2 Å². The molecule has 0 radical (unpaired) electrons. The van der Waals surface area contributed by atoms with Gasteiger partial charge in [0.15, 0.2) is 0 Å². The molecule has 2 nitrogen and oxygen atoms in total. The molecule has 0 heterocycles. The maximum absolute atomic E-state index is 0. The molecule has 0 aromatic heterocycles. The van der Waals surface area contributed by atoms with E-state index >= 15 is 0 Å². The Morgan fingerprint density at radius 2 is 0.750 bits per heavy atom. The van der Waals surface area contributed by atoms with Crippen LogP contribution >= 0.6 is 0 Å². The smallest absolute Gasteiger partial charge is 2.00 e. The van der Waals surface area contributed by atoms with Crippen molar-refractivity contribution in [1.29, 1.82) is 0 Å². The molecule has 0 saturated carbocycles. The van der Waals surface area contributed by atoms with E-state index in [4.69, 9.17) is 0 Å². The van der Waals surface area contributed by atoms with Crippen molar-refractivity contribution in [2.45, 2.75) is 0 Å². The van der Waals surface area contributed by atoms with Gasteiger partial charge in [-0.25, -0.2) is 0 Å². The molecule has 20 valence electrons. The quantitative estimate of drug-likeness (QED) is 0.579. The Balaban J connectivity index is 0. The predicted octanol–water partition coefficient (Wildman–Crippen LogP) is -0.240. The van der Waals surface area contributed by atoms with Crippen molar-refractivity contribution >= 4 is 0 Å². The van der Waals surface area contributed by atoms with Gasteiger partial charge in [-0.05, 0) is 0 Å². The number of rotatable bonds is 0. The van der Waals surface area contributed by atoms with Gasteiger partial charge in [-0.3, -0.25) is 0 Å². The Morgan fingerprint density at radius 1 is 0.750 bits per heavy atom. The fraction of sp³-hybridized carbons (Fsp3) is 0. The van der Waals surface area contributed by atoms with Gasteiger partial charge in [0, 0.05) is 41.7 Å². The topological polar surface area (TPSA) is 57.0 Å². The molecule has 0 amide bonds. The summed E-state index contributed by atoms with van der Waals surface area (Å²) in [5.74, 6) is 0. The second-order valence-electron chi connectivity index (χ2n) is 0. The molecule has 0 atom stereocenters. The minimum Gasteiger partial charge on any atom is -2.00 e. The minimum absolute atomic E-state index is 0. The van der Waals surface area contributed by atoms with Gasteiger partial charge in [0.2, 0.25) is 0 Å². The van der Waals surface area contributed by atoms with Gasteiger partial charge in [-0.1, -0.05) is 0 Å². The third-order valence-electron chi connectivity index (χ3n) is 0. The van der Waals surface area contributed by atoms with Crippen molar-refractivity contribution in [3.8, 4) is 0 Å². The SMILES string of the molecule is [Ce].[O-2].[O-2].[Zr+4]. The molecule has 4 heteroatoms. The standard InChI is InChI=1S/Ce.2O.Zr/q;2*-2;+4. The minimum atomic E-state index is 0. The molecule has 0 aliphatic rings. The van der Waals surface area contributed by atoms with Gasteiger partial charge >= 0.3 is 26.2 Å². The average molecular weight is 263 g/mol. The van der Waals surface area contributed by atoms with Crippen molar-refractivity contribution in [3.05, 3.63) is 0 Å². The Bertz CT molecular complexity index is 6.00. The number of hydrogen-bond acceptors (Lipinski definition) is 0. The Hall–Kier alpha value is 2.18. The molecular formula is CeO2Zr. The first-order chi connectivity index (χ1) is 0. The van der Waals surface area contributed by atoms with Crippen LogP contribution in [0.4, 0.5) is 0 Å². The van der Waals surface area contributed by atoms with Gasteiger partial charge in [-0.15, -0.1) is 0 Å². The monoisotopic (exact) mass is 262 g/mol. The summed E-state index contributed by atoms with van der Waals surface area (Å²) in [5.41, 5.74) is 0. The largest absolute Gasteiger partial charge is 4.00 e. The summed E-state index contributed by atoms with van der Waals surface area (Å²) in [6.07, 6.45) is 0. The first kappa shape index (κ1) is 34.9. The van der Waals surface area contributed by atoms with Crippen LogP contribution in [-0.4, -0.2) is 0 Å². The maximum Gasteiger partial charge on any atom is 4.00 e.